The Hall–Kier alpha value is -1.81. The fourth-order valence-electron chi connectivity index (χ4n) is 2.67. The van der Waals surface area contributed by atoms with Crippen molar-refractivity contribution in [2.75, 3.05) is 31.5 Å². The van der Waals surface area contributed by atoms with Gasteiger partial charge in [0.05, 0.1) is 18.4 Å². The maximum absolute atomic E-state index is 12.3. The van der Waals surface area contributed by atoms with E-state index in [2.05, 4.69) is 10.3 Å². The van der Waals surface area contributed by atoms with Gasteiger partial charge in [-0.3, -0.25) is 4.90 Å². The lowest BCUT2D eigenvalue weighted by Gasteiger charge is -2.32. The van der Waals surface area contributed by atoms with Crippen molar-refractivity contribution in [1.82, 2.24) is 9.88 Å². The van der Waals surface area contributed by atoms with Crippen LogP contribution in [0, 0.1) is 17.2 Å². The Bertz CT molecular complexity index is 499. The first kappa shape index (κ1) is 16.6. The van der Waals surface area contributed by atoms with Crippen LogP contribution in [0.15, 0.2) is 18.3 Å². The number of nitriles is 1. The van der Waals surface area contributed by atoms with Gasteiger partial charge in [-0.1, -0.05) is 0 Å². The molecule has 1 aliphatic rings. The predicted octanol–water partition coefficient (Wildman–Crippen LogP) is 3.03. The van der Waals surface area contributed by atoms with Gasteiger partial charge in [0.2, 0.25) is 0 Å². The third kappa shape index (κ3) is 5.53. The van der Waals surface area contributed by atoms with Crippen LogP contribution in [0.4, 0.5) is 18.9 Å². The number of piperidine rings is 1. The maximum atomic E-state index is 12.3. The third-order valence-corrected chi connectivity index (χ3v) is 3.87. The van der Waals surface area contributed by atoms with Crippen LogP contribution in [0.5, 0.6) is 0 Å². The second-order valence-electron chi connectivity index (χ2n) is 5.59. The molecular weight excluding hydrogens is 293 g/mol. The molecule has 0 bridgehead atoms. The van der Waals surface area contributed by atoms with E-state index < -0.39 is 12.7 Å². The summed E-state index contributed by atoms with van der Waals surface area (Å²) in [4.78, 5) is 5.45. The number of nitrogens with one attached hydrogen (secondary N) is 1. The molecule has 0 saturated carbocycles. The fraction of sp³-hybridized carbons (Fsp3) is 0.600. The van der Waals surface area contributed by atoms with Crippen molar-refractivity contribution in [3.8, 4) is 6.07 Å². The first-order chi connectivity index (χ1) is 10.5. The third-order valence-electron chi connectivity index (χ3n) is 3.87. The first-order valence-electron chi connectivity index (χ1n) is 7.35. The second-order valence-corrected chi connectivity index (χ2v) is 5.59. The predicted molar refractivity (Wildman–Crippen MR) is 77.3 cm³/mol. The fourth-order valence-corrected chi connectivity index (χ4v) is 2.67. The first-order valence-corrected chi connectivity index (χ1v) is 7.35. The van der Waals surface area contributed by atoms with Gasteiger partial charge in [-0.15, -0.1) is 0 Å². The zero-order chi connectivity index (χ0) is 16.0. The van der Waals surface area contributed by atoms with Crippen molar-refractivity contribution < 1.29 is 13.2 Å². The van der Waals surface area contributed by atoms with Gasteiger partial charge in [-0.25, -0.2) is 4.98 Å². The molecule has 1 aromatic heterocycles. The van der Waals surface area contributed by atoms with Crippen LogP contribution in [0.3, 0.4) is 0 Å². The van der Waals surface area contributed by atoms with E-state index in [0.717, 1.165) is 31.5 Å². The minimum absolute atomic E-state index is 0.377. The number of aromatic nitrogens is 1. The number of nitrogens with zero attached hydrogens (tertiary/aromatic N) is 3. The molecule has 0 aliphatic carbocycles. The Morgan fingerprint density at radius 3 is 2.59 bits per heavy atom. The minimum Gasteiger partial charge on any atom is -0.384 e. The molecule has 22 heavy (non-hydrogen) atoms. The molecule has 1 saturated heterocycles. The average molecular weight is 312 g/mol. The van der Waals surface area contributed by atoms with Crippen LogP contribution in [-0.4, -0.2) is 42.2 Å². The largest absolute Gasteiger partial charge is 0.401 e. The van der Waals surface area contributed by atoms with Crippen molar-refractivity contribution in [2.45, 2.75) is 25.4 Å². The number of anilines is 1. The van der Waals surface area contributed by atoms with Crippen LogP contribution >= 0.6 is 0 Å². The van der Waals surface area contributed by atoms with E-state index in [1.165, 1.54) is 4.90 Å². The highest BCUT2D eigenvalue weighted by molar-refractivity contribution is 5.42. The van der Waals surface area contributed by atoms with E-state index >= 15 is 0 Å². The highest BCUT2D eigenvalue weighted by Crippen LogP contribution is 2.24. The molecule has 0 spiro atoms. The highest BCUT2D eigenvalue weighted by atomic mass is 19.4. The van der Waals surface area contributed by atoms with Crippen LogP contribution in [0.1, 0.15) is 25.0 Å². The van der Waals surface area contributed by atoms with Crippen LogP contribution in [0.25, 0.3) is 0 Å². The normalized spacial score (nSPS) is 17.2. The van der Waals surface area contributed by atoms with E-state index in [1.807, 2.05) is 6.07 Å². The molecule has 1 aromatic rings. The Morgan fingerprint density at radius 1 is 1.32 bits per heavy atom. The SMILES string of the molecule is N#Cc1ccc(NCCC2CCN(CC(F)(F)F)CC2)cn1. The lowest BCUT2D eigenvalue weighted by atomic mass is 9.93. The van der Waals surface area contributed by atoms with E-state index in [4.69, 9.17) is 5.26 Å². The summed E-state index contributed by atoms with van der Waals surface area (Å²) in [5.74, 6) is 0.461. The summed E-state index contributed by atoms with van der Waals surface area (Å²) < 4.78 is 36.9. The van der Waals surface area contributed by atoms with E-state index in [0.29, 0.717) is 24.7 Å². The number of alkyl halides is 3. The highest BCUT2D eigenvalue weighted by Gasteiger charge is 2.32. The van der Waals surface area contributed by atoms with E-state index in [1.54, 1.807) is 18.3 Å². The standard InChI is InChI=1S/C15H19F3N4/c16-15(17,18)11-22-7-4-12(5-8-22)3-6-20-14-2-1-13(9-19)21-10-14/h1-2,10,12,20H,3-8,11H2. The number of hydrogen-bond donors (Lipinski definition) is 1. The Kier molecular flexibility index (Phi) is 5.61. The lowest BCUT2D eigenvalue weighted by molar-refractivity contribution is -0.148. The number of pyridine rings is 1. The molecule has 0 amide bonds. The van der Waals surface area contributed by atoms with Gasteiger partial charge in [0.25, 0.3) is 0 Å². The van der Waals surface area contributed by atoms with Crippen LogP contribution < -0.4 is 5.32 Å². The molecule has 2 heterocycles. The summed E-state index contributed by atoms with van der Waals surface area (Å²) in [7, 11) is 0. The van der Waals surface area contributed by atoms with Gasteiger partial charge in [0.15, 0.2) is 0 Å². The van der Waals surface area contributed by atoms with Gasteiger partial charge in [-0.2, -0.15) is 18.4 Å². The summed E-state index contributed by atoms with van der Waals surface area (Å²) in [5, 5.41) is 11.9. The summed E-state index contributed by atoms with van der Waals surface area (Å²) in [6.07, 6.45) is 0.0636. The smallest absolute Gasteiger partial charge is 0.384 e. The van der Waals surface area contributed by atoms with Crippen molar-refractivity contribution in [3.63, 3.8) is 0 Å². The topological polar surface area (TPSA) is 52.0 Å². The summed E-state index contributed by atoms with van der Waals surface area (Å²) in [6, 6.07) is 5.41. The summed E-state index contributed by atoms with van der Waals surface area (Å²) in [6.45, 7) is 0.998. The molecule has 0 unspecified atom stereocenters. The molecule has 120 valence electrons. The van der Waals surface area contributed by atoms with Gasteiger partial charge < -0.3 is 5.32 Å². The monoisotopic (exact) mass is 312 g/mol. The van der Waals surface area contributed by atoms with Gasteiger partial charge in [0, 0.05) is 6.54 Å². The number of hydrogen-bond acceptors (Lipinski definition) is 4. The Morgan fingerprint density at radius 2 is 2.05 bits per heavy atom. The molecule has 2 rings (SSSR count). The molecule has 1 N–H and O–H groups in total. The van der Waals surface area contributed by atoms with Crippen LogP contribution in [0.2, 0.25) is 0 Å². The van der Waals surface area contributed by atoms with Gasteiger partial charge >= 0.3 is 6.18 Å². The Balaban J connectivity index is 1.65. The summed E-state index contributed by atoms with van der Waals surface area (Å²) in [5.41, 5.74) is 1.23. The molecule has 1 fully saturated rings. The zero-order valence-electron chi connectivity index (χ0n) is 12.2. The zero-order valence-corrected chi connectivity index (χ0v) is 12.2. The van der Waals surface area contributed by atoms with Crippen molar-refractivity contribution in [1.29, 1.82) is 5.26 Å². The average Bonchev–Trinajstić information content (AvgIpc) is 2.48. The number of likely N-dealkylation sites (tertiary alicyclic amines) is 1. The van der Waals surface area contributed by atoms with Crippen molar-refractivity contribution in [2.24, 2.45) is 5.92 Å². The lowest BCUT2D eigenvalue weighted by Crippen LogP contribution is -2.40. The molecule has 4 nitrogen and oxygen atoms in total. The Labute approximate surface area is 127 Å². The van der Waals surface area contributed by atoms with E-state index in [-0.39, 0.29) is 0 Å². The molecule has 0 aromatic carbocycles. The second kappa shape index (κ2) is 7.45. The maximum Gasteiger partial charge on any atom is 0.401 e. The quantitative estimate of drug-likeness (QED) is 0.908. The number of rotatable bonds is 5. The molecule has 0 atom stereocenters. The van der Waals surface area contributed by atoms with Crippen molar-refractivity contribution >= 4 is 5.69 Å². The van der Waals surface area contributed by atoms with E-state index in [9.17, 15) is 13.2 Å². The van der Waals surface area contributed by atoms with Crippen molar-refractivity contribution in [3.05, 3.63) is 24.0 Å². The summed E-state index contributed by atoms with van der Waals surface area (Å²) >= 11 is 0. The molecular formula is C15H19F3N4. The molecule has 1 aliphatic heterocycles. The molecule has 0 radical (unpaired) electrons. The van der Waals surface area contributed by atoms with Gasteiger partial charge in [-0.05, 0) is 50.4 Å². The number of halogens is 3. The molecule has 7 heteroatoms. The van der Waals surface area contributed by atoms with Gasteiger partial charge in [0.1, 0.15) is 11.8 Å². The van der Waals surface area contributed by atoms with Crippen LogP contribution in [-0.2, 0) is 0 Å². The minimum atomic E-state index is -4.10.